The molecule has 0 unspecified atom stereocenters. The molecule has 8 aliphatic rings. The lowest BCUT2D eigenvalue weighted by Crippen LogP contribution is -2.50. The van der Waals surface area contributed by atoms with Crippen LogP contribution in [-0.2, 0) is 14.2 Å². The number of rotatable bonds is 7. The van der Waals surface area contributed by atoms with Gasteiger partial charge in [-0.1, -0.05) is 219 Å². The molecular weight excluding hydrogens is 1800 g/mol. The van der Waals surface area contributed by atoms with Gasteiger partial charge in [0.15, 0.2) is 11.5 Å². The second-order valence-electron chi connectivity index (χ2n) is 37.3. The number of para-hydroxylation sites is 4. The minimum absolute atomic E-state index is 0. The highest BCUT2D eigenvalue weighted by atomic mass is 16.6. The minimum Gasteiger partial charge on any atom is -0.482 e. The van der Waals surface area contributed by atoms with Crippen molar-refractivity contribution in [3.8, 4) is 45.8 Å². The number of nitrogens with one attached hydrogen (secondary N) is 1. The molecule has 8 aromatic carbocycles. The van der Waals surface area contributed by atoms with Crippen molar-refractivity contribution in [1.82, 2.24) is 40.3 Å². The first kappa shape index (κ1) is 107. The number of amides is 3. The molecule has 10 heterocycles. The Labute approximate surface area is 843 Å². The number of carbonyl (C=O) groups is 3. The van der Waals surface area contributed by atoms with Crippen molar-refractivity contribution in [2.75, 3.05) is 52.4 Å². The maximum atomic E-state index is 12.6. The van der Waals surface area contributed by atoms with E-state index in [1.54, 1.807) is 28.5 Å². The predicted molar refractivity (Wildman–Crippen MR) is 559 cm³/mol. The van der Waals surface area contributed by atoms with Crippen LogP contribution in [0.4, 0.5) is 20.1 Å². The van der Waals surface area contributed by atoms with Gasteiger partial charge in [-0.3, -0.25) is 0 Å². The van der Waals surface area contributed by atoms with Crippen molar-refractivity contribution in [2.45, 2.75) is 189 Å². The largest absolute Gasteiger partial charge is 0.482 e. The molecular formula is C120H121N11O13. The van der Waals surface area contributed by atoms with Gasteiger partial charge in [0.2, 0.25) is 23.4 Å². The number of likely N-dealkylation sites (tertiary alicyclic amines) is 3. The van der Waals surface area contributed by atoms with Crippen LogP contribution in [0.1, 0.15) is 198 Å². The number of carbonyl (C=O) groups excluding carboxylic acids is 3. The van der Waals surface area contributed by atoms with Crippen LogP contribution in [0.3, 0.4) is 0 Å². The number of aryl methyl sites for hydroxylation is 2. The molecule has 10 aromatic rings. The fourth-order valence-corrected chi connectivity index (χ4v) is 16.9. The van der Waals surface area contributed by atoms with Crippen molar-refractivity contribution in [2.24, 2.45) is 10.9 Å². The molecule has 4 saturated heterocycles. The molecule has 4 N–H and O–H groups in total. The summed E-state index contributed by atoms with van der Waals surface area (Å²) in [6, 6.07) is 64.3. The summed E-state index contributed by atoms with van der Waals surface area (Å²) in [5.41, 5.74) is 58.2. The Kier molecular flexibility index (Phi) is 36.0. The van der Waals surface area contributed by atoms with Crippen LogP contribution in [0.2, 0.25) is 0 Å². The fourth-order valence-electron chi connectivity index (χ4n) is 16.9. The maximum Gasteiger partial charge on any atom is 0.410 e. The number of benzene rings is 8. The van der Waals surface area contributed by atoms with Crippen LogP contribution in [0.5, 0.6) is 23.0 Å². The Hall–Kier alpha value is -17.1. The molecule has 0 saturated carbocycles. The zero-order chi connectivity index (χ0) is 99.8. The molecule has 3 amide bonds. The summed E-state index contributed by atoms with van der Waals surface area (Å²) in [6.45, 7) is 39.7. The number of nitrogens with two attached hydrogens (primary N) is 1. The molecule has 18 rings (SSSR count). The molecule has 4 spiro atoms. The third kappa shape index (κ3) is 28.2. The Morgan fingerprint density at radius 2 is 0.646 bits per heavy atom. The number of oxime groups is 1. The van der Waals surface area contributed by atoms with Crippen LogP contribution in [0, 0.1) is 20.4 Å². The van der Waals surface area contributed by atoms with Crippen LogP contribution in [0.15, 0.2) is 337 Å². The molecule has 0 radical (unpaired) electrons. The highest BCUT2D eigenvalue weighted by Crippen LogP contribution is 2.49. The van der Waals surface area contributed by atoms with E-state index in [1.807, 2.05) is 202 Å². The first-order valence-corrected chi connectivity index (χ1v) is 46.5. The lowest BCUT2D eigenvalue weighted by Gasteiger charge is -2.43. The van der Waals surface area contributed by atoms with E-state index >= 15 is 0 Å². The first-order chi connectivity index (χ1) is 67.8. The summed E-state index contributed by atoms with van der Waals surface area (Å²) >= 11 is 0. The molecule has 4 fully saturated rings. The van der Waals surface area contributed by atoms with Crippen LogP contribution < -0.4 is 30.0 Å². The smallest absolute Gasteiger partial charge is 0.410 e. The molecule has 734 valence electrons. The summed E-state index contributed by atoms with van der Waals surface area (Å²) < 4.78 is 52.8. The third-order valence-electron chi connectivity index (χ3n) is 23.7. The average Bonchev–Trinajstić information content (AvgIpc) is 1.32. The van der Waals surface area contributed by atoms with E-state index in [-0.39, 0.29) is 52.0 Å². The Balaban J connectivity index is 0.000000173. The fraction of sp³-hybridized carbons (Fsp3) is 0.308. The molecule has 144 heavy (non-hydrogen) atoms. The monoisotopic (exact) mass is 1920 g/mol. The van der Waals surface area contributed by atoms with Gasteiger partial charge in [0, 0.05) is 143 Å². The number of hydrogen-bond acceptors (Lipinski definition) is 19. The van der Waals surface area contributed by atoms with E-state index in [0.717, 1.165) is 116 Å². The van der Waals surface area contributed by atoms with Crippen LogP contribution in [-0.4, -0.2) is 156 Å². The standard InChI is InChI=1S/C27H29N3O4.C25H29N3O4.C25H26N2O3.C22H21N3O2.C18H4.3CH4/c1-18-28-24(29-34-18)20-11-9-19(10-12-20)22-17-27(32-23-8-6-5-7-21(22)23)13-15-30(16-14-27)25(31)33-26(2,3)4;1-24(2,3)32-23(29)28-14-12-25(13-15-28)16-20(19-6-4-5-7-21(19)31-25)17-8-10-18(11-9-17)22(26)27-30;1-24(2,3)30-23(28)27-15-13-25(14-16-27)17-21(18-9-11-19(26-4)12-10-18)20-7-5-6-8-22(20)29-25;1-15-24-21(25-27-15)17-8-6-16(7-9-17)19-14-22(10-12-23-13-11-22)26-20-5-3-2-4-18(19)20;1-3-5-7-9-11-13-15-17-18-16-14-12-10-8-6-4-2;;;/h5-12,17H,13-16H2,1-4H3;4-11,16,30H,12-15H2,1-3H3,(H2,26,27);5-12,17H,13-16H2,1-3H3;2-9,14,23H,10-13H2,1H3;1-2H2;3*1H4. The average molecular weight is 1930 g/mol. The van der Waals surface area contributed by atoms with E-state index < -0.39 is 33.6 Å². The first-order valence-electron chi connectivity index (χ1n) is 46.5. The second kappa shape index (κ2) is 48.2. The van der Waals surface area contributed by atoms with Crippen molar-refractivity contribution in [3.05, 3.63) is 397 Å². The zero-order valence-electron chi connectivity index (χ0n) is 81.0. The highest BCUT2D eigenvalue weighted by molar-refractivity contribution is 5.98. The van der Waals surface area contributed by atoms with E-state index in [2.05, 4.69) is 219 Å². The van der Waals surface area contributed by atoms with Gasteiger partial charge in [-0.05, 0) is 262 Å². The maximum absolute atomic E-state index is 12.6. The summed E-state index contributed by atoms with van der Waals surface area (Å²) in [4.78, 5) is 54.9. The summed E-state index contributed by atoms with van der Waals surface area (Å²) in [7, 11) is 0. The van der Waals surface area contributed by atoms with Gasteiger partial charge in [-0.25, -0.2) is 19.2 Å². The quantitative estimate of drug-likeness (QED) is 0.0254. The lowest BCUT2D eigenvalue weighted by molar-refractivity contribution is -0.00233. The van der Waals surface area contributed by atoms with Gasteiger partial charge >= 0.3 is 18.3 Å². The van der Waals surface area contributed by atoms with E-state index in [4.69, 9.17) is 59.7 Å². The van der Waals surface area contributed by atoms with Crippen molar-refractivity contribution < 1.29 is 61.8 Å². The molecule has 2 aromatic heterocycles. The van der Waals surface area contributed by atoms with Gasteiger partial charge < -0.3 is 73.2 Å². The van der Waals surface area contributed by atoms with Crippen molar-refractivity contribution >= 4 is 52.1 Å². The van der Waals surface area contributed by atoms with Gasteiger partial charge in [0.05, 0.1) is 6.57 Å². The number of aromatic nitrogens is 4. The summed E-state index contributed by atoms with van der Waals surface area (Å²) in [5.74, 6) is 5.91. The molecule has 24 heteroatoms. The number of amidine groups is 1. The van der Waals surface area contributed by atoms with Gasteiger partial charge in [-0.2, -0.15) is 9.97 Å². The van der Waals surface area contributed by atoms with E-state index in [1.165, 1.54) is 11.1 Å². The second-order valence-corrected chi connectivity index (χ2v) is 37.3. The van der Waals surface area contributed by atoms with E-state index in [0.29, 0.717) is 112 Å². The summed E-state index contributed by atoms with van der Waals surface area (Å²) in [6.07, 6.45) is 14.2. The number of piperidine rings is 4. The summed E-state index contributed by atoms with van der Waals surface area (Å²) in [5, 5.41) is 23.4. The topological polar surface area (TPSA) is 278 Å². The Bertz CT molecular complexity index is 7130. The van der Waals surface area contributed by atoms with Crippen molar-refractivity contribution in [1.29, 1.82) is 0 Å². The van der Waals surface area contributed by atoms with Gasteiger partial charge in [0.1, 0.15) is 62.2 Å². The number of fused-ring (bicyclic) bond motifs is 4. The highest BCUT2D eigenvalue weighted by Gasteiger charge is 2.45. The SMILES string of the molecule is C.C.C.C=C=C=C=C=C=C=C=C=C=C=C=C=C=C=C=C=C.CC(C)(C)OC(=O)N1CCC2(C=C(c3ccc(/C(N)=N/O)cc3)c3ccccc3O2)CC1.Cc1nc(-c2ccc(C3=CC4(CCN(C(=O)OC(C)(C)C)CC4)Oc4ccccc43)cc2)no1.Cc1nc(-c2ccc(C3=CC4(CCNCC4)Oc4ccccc43)cc2)no1.[C-]#[N+]c1ccc(C2=CC3(CCN(C(=O)OC(C)(C)C)CC3)Oc3ccccc32)cc1. The predicted octanol–water partition coefficient (Wildman–Crippen LogP) is 25.0. The molecule has 0 atom stereocenters. The van der Waals surface area contributed by atoms with E-state index in [9.17, 15) is 14.4 Å². The number of ether oxygens (including phenoxy) is 7. The lowest BCUT2D eigenvalue weighted by atomic mass is 9.83. The van der Waals surface area contributed by atoms with Crippen LogP contribution >= 0.6 is 0 Å². The van der Waals surface area contributed by atoms with Crippen LogP contribution in [0.25, 0.3) is 49.9 Å². The molecule has 0 aliphatic carbocycles. The Morgan fingerprint density at radius 1 is 0.396 bits per heavy atom. The zero-order valence-corrected chi connectivity index (χ0v) is 81.0. The minimum atomic E-state index is -0.518. The number of hydrogen-bond donors (Lipinski definition) is 3. The Morgan fingerprint density at radius 3 is 0.896 bits per heavy atom. The molecule has 8 aliphatic heterocycles. The van der Waals surface area contributed by atoms with Gasteiger partial charge in [-0.15, -0.1) is 0 Å². The van der Waals surface area contributed by atoms with Gasteiger partial charge in [0.25, 0.3) is 0 Å². The normalized spacial score (nSPS) is 15.5. The van der Waals surface area contributed by atoms with Crippen molar-refractivity contribution in [3.63, 3.8) is 0 Å². The molecule has 24 nitrogen and oxygen atoms in total. The number of nitrogens with zero attached hydrogens (tertiary/aromatic N) is 9. The molecule has 0 bridgehead atoms. The third-order valence-corrected chi connectivity index (χ3v) is 23.7.